The number of benzene rings is 2. The Morgan fingerprint density at radius 2 is 1.69 bits per heavy atom. The molecule has 0 bridgehead atoms. The molecule has 188 valence electrons. The molecule has 0 unspecified atom stereocenters. The average Bonchev–Trinajstić information content (AvgIpc) is 3.06. The first kappa shape index (κ1) is 25.2. The molecule has 0 spiro atoms. The minimum Gasteiger partial charge on any atom is -0.493 e. The fraction of sp³-hybridized carbons (Fsp3) is 0.0909. The quantitative estimate of drug-likeness (QED) is 0.291. The Morgan fingerprint density at radius 1 is 1.00 bits per heavy atom. The Bertz CT molecular complexity index is 1520. The highest BCUT2D eigenvalue weighted by Crippen LogP contribution is 2.37. The van der Waals surface area contributed by atoms with Crippen LogP contribution in [0.15, 0.2) is 88.8 Å². The minimum absolute atomic E-state index is 0.00499. The molecule has 0 aliphatic heterocycles. The van der Waals surface area contributed by atoms with Gasteiger partial charge in [-0.15, -0.1) is 0 Å². The van der Waals surface area contributed by atoms with Crippen molar-refractivity contribution in [3.8, 4) is 11.6 Å². The van der Waals surface area contributed by atoms with Gasteiger partial charge in [0.05, 0.1) is 24.1 Å². The summed E-state index contributed by atoms with van der Waals surface area (Å²) in [6.45, 7) is -0.0369. The lowest BCUT2D eigenvalue weighted by atomic mass is 10.2. The van der Waals surface area contributed by atoms with Gasteiger partial charge in [0.1, 0.15) is 5.82 Å². The fourth-order valence-corrected chi connectivity index (χ4v) is 4.71. The Morgan fingerprint density at radius 3 is 2.36 bits per heavy atom. The van der Waals surface area contributed by atoms with Crippen molar-refractivity contribution in [2.75, 3.05) is 9.44 Å². The molecule has 3 N–H and O–H groups in total. The van der Waals surface area contributed by atoms with Crippen LogP contribution in [-0.4, -0.2) is 33.2 Å². The molecule has 0 fully saturated rings. The molecule has 2 aromatic carbocycles. The molecule has 0 atom stereocenters. The summed E-state index contributed by atoms with van der Waals surface area (Å²) in [5, 5.41) is 10.3. The van der Waals surface area contributed by atoms with E-state index in [1.54, 1.807) is 36.4 Å². The number of pyridine rings is 1. The van der Waals surface area contributed by atoms with E-state index in [0.717, 1.165) is 4.57 Å². The normalized spacial score (nSPS) is 11.9. The Balaban J connectivity index is 1.51. The number of imidazole rings is 1. The van der Waals surface area contributed by atoms with E-state index in [4.69, 9.17) is 0 Å². The maximum Gasteiger partial charge on any atom is 0.446 e. The standard InChI is InChI=1S/C22H18F3N5O4S2/c23-22(24,25)35-18-8-6-17(7-9-18)30-20(31)14-29(21(30)32)13-15-10-11-26-19(12-15)28-36(33,34)27-16-4-2-1-3-5-16/h1-12,14,27,31H,13H2,(H,26,28). The number of aromatic hydroxyl groups is 1. The number of thioether (sulfide) groups is 1. The van der Waals surface area contributed by atoms with Crippen molar-refractivity contribution in [3.05, 3.63) is 95.2 Å². The fourth-order valence-electron chi connectivity index (χ4n) is 3.28. The third kappa shape index (κ3) is 6.40. The zero-order valence-electron chi connectivity index (χ0n) is 18.2. The molecule has 36 heavy (non-hydrogen) atoms. The van der Waals surface area contributed by atoms with Crippen molar-refractivity contribution in [2.45, 2.75) is 16.9 Å². The summed E-state index contributed by atoms with van der Waals surface area (Å²) in [7, 11) is -3.99. The molecule has 2 heterocycles. The zero-order chi connectivity index (χ0) is 25.9. The predicted octanol–water partition coefficient (Wildman–Crippen LogP) is 4.17. The second kappa shape index (κ2) is 9.99. The van der Waals surface area contributed by atoms with E-state index in [2.05, 4.69) is 14.4 Å². The lowest BCUT2D eigenvalue weighted by Gasteiger charge is -2.10. The van der Waals surface area contributed by atoms with E-state index in [9.17, 15) is 31.5 Å². The van der Waals surface area contributed by atoms with Gasteiger partial charge < -0.3 is 5.11 Å². The van der Waals surface area contributed by atoms with Crippen LogP contribution in [0, 0.1) is 0 Å². The zero-order valence-corrected chi connectivity index (χ0v) is 19.8. The first-order chi connectivity index (χ1) is 17.0. The molecule has 0 saturated heterocycles. The smallest absolute Gasteiger partial charge is 0.446 e. The summed E-state index contributed by atoms with van der Waals surface area (Å²) in [5.41, 5.74) is -4.06. The van der Waals surface area contributed by atoms with Gasteiger partial charge >= 0.3 is 21.4 Å². The van der Waals surface area contributed by atoms with Crippen LogP contribution in [0.5, 0.6) is 5.88 Å². The SMILES string of the molecule is O=c1n(Cc2ccnc(NS(=O)(=O)Nc3ccccc3)c2)cc(O)n1-c1ccc(SC(F)(F)F)cc1. The molecule has 4 aromatic rings. The third-order valence-corrected chi connectivity index (χ3v) is 6.43. The van der Waals surface area contributed by atoms with E-state index in [0.29, 0.717) is 11.3 Å². The molecule has 0 amide bonds. The first-order valence-corrected chi connectivity index (χ1v) is 12.5. The molecule has 2 aromatic heterocycles. The number of rotatable bonds is 8. The third-order valence-electron chi connectivity index (χ3n) is 4.71. The average molecular weight is 538 g/mol. The van der Waals surface area contributed by atoms with Crippen LogP contribution in [0.25, 0.3) is 5.69 Å². The molecule has 0 radical (unpaired) electrons. The van der Waals surface area contributed by atoms with Crippen molar-refractivity contribution >= 4 is 33.5 Å². The minimum atomic E-state index is -4.45. The largest absolute Gasteiger partial charge is 0.493 e. The summed E-state index contributed by atoms with van der Waals surface area (Å²) in [6, 6.07) is 16.2. The summed E-state index contributed by atoms with van der Waals surface area (Å²) in [6.07, 6.45) is 2.52. The van der Waals surface area contributed by atoms with Gasteiger partial charge in [-0.1, -0.05) is 18.2 Å². The number of hydrogen-bond donors (Lipinski definition) is 3. The van der Waals surface area contributed by atoms with Crippen LogP contribution in [0.1, 0.15) is 5.56 Å². The van der Waals surface area contributed by atoms with Gasteiger partial charge in [-0.3, -0.25) is 14.0 Å². The van der Waals surface area contributed by atoms with Crippen molar-refractivity contribution in [1.29, 1.82) is 0 Å². The summed E-state index contributed by atoms with van der Waals surface area (Å²) in [5.74, 6) is -0.413. The highest BCUT2D eigenvalue weighted by Gasteiger charge is 2.29. The van der Waals surface area contributed by atoms with Gasteiger partial charge in [0.15, 0.2) is 0 Å². The van der Waals surface area contributed by atoms with Crippen LogP contribution in [-0.2, 0) is 16.8 Å². The molecule has 9 nitrogen and oxygen atoms in total. The second-order valence-corrected chi connectivity index (χ2v) is 9.95. The van der Waals surface area contributed by atoms with Crippen LogP contribution in [0.4, 0.5) is 24.7 Å². The van der Waals surface area contributed by atoms with Crippen molar-refractivity contribution < 1.29 is 26.7 Å². The number of anilines is 2. The lowest BCUT2D eigenvalue weighted by molar-refractivity contribution is -0.0328. The Labute approximate surface area is 207 Å². The highest BCUT2D eigenvalue weighted by molar-refractivity contribution is 8.00. The van der Waals surface area contributed by atoms with E-state index in [-0.39, 0.29) is 34.7 Å². The molecule has 0 saturated carbocycles. The molecular weight excluding hydrogens is 519 g/mol. The maximum atomic E-state index is 12.9. The number of para-hydroxylation sites is 1. The van der Waals surface area contributed by atoms with E-state index in [1.165, 1.54) is 47.3 Å². The van der Waals surface area contributed by atoms with Gasteiger partial charge in [-0.2, -0.15) is 21.6 Å². The van der Waals surface area contributed by atoms with Crippen molar-refractivity contribution in [2.24, 2.45) is 0 Å². The van der Waals surface area contributed by atoms with E-state index in [1.807, 2.05) is 0 Å². The topological polar surface area (TPSA) is 118 Å². The summed E-state index contributed by atoms with van der Waals surface area (Å²) in [4.78, 5) is 16.8. The van der Waals surface area contributed by atoms with E-state index < -0.39 is 27.3 Å². The van der Waals surface area contributed by atoms with Crippen LogP contribution < -0.4 is 15.1 Å². The monoisotopic (exact) mass is 537 g/mol. The predicted molar refractivity (Wildman–Crippen MR) is 130 cm³/mol. The lowest BCUT2D eigenvalue weighted by Crippen LogP contribution is -2.24. The highest BCUT2D eigenvalue weighted by atomic mass is 32.2. The Hall–Kier alpha value is -3.91. The van der Waals surface area contributed by atoms with Crippen LogP contribution in [0.2, 0.25) is 0 Å². The van der Waals surface area contributed by atoms with Gasteiger partial charge in [0, 0.05) is 11.1 Å². The molecule has 0 aliphatic carbocycles. The van der Waals surface area contributed by atoms with Crippen molar-refractivity contribution in [3.63, 3.8) is 0 Å². The second-order valence-electron chi connectivity index (χ2n) is 7.40. The number of nitrogens with one attached hydrogen (secondary N) is 2. The maximum absolute atomic E-state index is 12.9. The van der Waals surface area contributed by atoms with Crippen LogP contribution in [0.3, 0.4) is 0 Å². The first-order valence-electron chi connectivity index (χ1n) is 10.2. The van der Waals surface area contributed by atoms with Gasteiger partial charge in [0.25, 0.3) is 0 Å². The summed E-state index contributed by atoms with van der Waals surface area (Å²) < 4.78 is 69.1. The van der Waals surface area contributed by atoms with E-state index >= 15 is 0 Å². The number of alkyl halides is 3. The van der Waals surface area contributed by atoms with Gasteiger partial charge in [0.2, 0.25) is 5.88 Å². The van der Waals surface area contributed by atoms with Crippen molar-refractivity contribution in [1.82, 2.24) is 14.1 Å². The molecule has 4 rings (SSSR count). The van der Waals surface area contributed by atoms with Gasteiger partial charge in [-0.05, 0) is 65.9 Å². The number of nitrogens with zero attached hydrogens (tertiary/aromatic N) is 3. The number of halogens is 3. The molecule has 0 aliphatic rings. The summed E-state index contributed by atoms with van der Waals surface area (Å²) >= 11 is -0.289. The van der Waals surface area contributed by atoms with Gasteiger partial charge in [-0.25, -0.2) is 14.3 Å². The molecule has 14 heteroatoms. The Kier molecular flexibility index (Phi) is 6.99. The number of hydrogen-bond acceptors (Lipinski definition) is 6. The number of aromatic nitrogens is 3. The molecular formula is C22H18F3N5O4S2. The van der Waals surface area contributed by atoms with Crippen LogP contribution >= 0.6 is 11.8 Å².